The van der Waals surface area contributed by atoms with Crippen LogP contribution in [-0.4, -0.2) is 16.8 Å². The van der Waals surface area contributed by atoms with Gasteiger partial charge < -0.3 is 10.6 Å². The molecule has 5 nitrogen and oxygen atoms in total. The van der Waals surface area contributed by atoms with Gasteiger partial charge in [0.2, 0.25) is 11.8 Å². The molecule has 0 spiro atoms. The molecule has 2 N–H and O–H groups in total. The zero-order valence-electron chi connectivity index (χ0n) is 13.9. The minimum absolute atomic E-state index is 0.137. The summed E-state index contributed by atoms with van der Waals surface area (Å²) in [4.78, 5) is 29.6. The first kappa shape index (κ1) is 16.6. The zero-order chi connectivity index (χ0) is 17.1. The second-order valence-electron chi connectivity index (χ2n) is 6.16. The van der Waals surface area contributed by atoms with Crippen molar-refractivity contribution in [3.63, 3.8) is 0 Å². The number of thiazole rings is 1. The molecule has 6 heteroatoms. The topological polar surface area (TPSA) is 71.1 Å². The van der Waals surface area contributed by atoms with Crippen molar-refractivity contribution in [2.75, 3.05) is 5.32 Å². The zero-order valence-corrected chi connectivity index (χ0v) is 14.7. The van der Waals surface area contributed by atoms with E-state index in [1.807, 2.05) is 31.2 Å². The molecular weight excluding hydrogens is 322 g/mol. The van der Waals surface area contributed by atoms with Crippen LogP contribution in [0, 0.1) is 6.92 Å². The minimum Gasteiger partial charge on any atom is -0.349 e. The summed E-state index contributed by atoms with van der Waals surface area (Å²) >= 11 is 1.56. The van der Waals surface area contributed by atoms with E-state index in [-0.39, 0.29) is 24.3 Å². The number of amides is 2. The molecule has 0 saturated heterocycles. The van der Waals surface area contributed by atoms with E-state index >= 15 is 0 Å². The molecule has 2 aromatic rings. The molecule has 1 atom stereocenters. The Morgan fingerprint density at radius 3 is 2.67 bits per heavy atom. The maximum atomic E-state index is 12.4. The highest BCUT2D eigenvalue weighted by atomic mass is 32.1. The van der Waals surface area contributed by atoms with E-state index in [1.54, 1.807) is 11.3 Å². The van der Waals surface area contributed by atoms with Crippen molar-refractivity contribution >= 4 is 28.3 Å². The van der Waals surface area contributed by atoms with Gasteiger partial charge in [0.1, 0.15) is 0 Å². The lowest BCUT2D eigenvalue weighted by Crippen LogP contribution is -2.29. The molecular formula is C18H21N3O2S. The summed E-state index contributed by atoms with van der Waals surface area (Å²) in [7, 11) is 0. The smallest absolute Gasteiger partial charge is 0.228 e. The number of fused-ring (bicyclic) bond motifs is 1. The third kappa shape index (κ3) is 4.00. The number of hydrogen-bond acceptors (Lipinski definition) is 4. The number of nitrogens with one attached hydrogen (secondary N) is 2. The van der Waals surface area contributed by atoms with Gasteiger partial charge >= 0.3 is 0 Å². The van der Waals surface area contributed by atoms with Crippen molar-refractivity contribution in [2.24, 2.45) is 0 Å². The van der Waals surface area contributed by atoms with Crippen LogP contribution in [0.4, 0.5) is 5.13 Å². The molecule has 126 valence electrons. The number of aromatic nitrogens is 1. The van der Waals surface area contributed by atoms with Crippen molar-refractivity contribution in [3.8, 4) is 0 Å². The predicted molar refractivity (Wildman–Crippen MR) is 95.1 cm³/mol. The summed E-state index contributed by atoms with van der Waals surface area (Å²) in [5, 5.41) is 6.39. The first-order valence-electron chi connectivity index (χ1n) is 8.13. The summed E-state index contributed by atoms with van der Waals surface area (Å²) in [5.41, 5.74) is 3.18. The molecule has 0 fully saturated rings. The Bertz CT molecular complexity index is 731. The highest BCUT2D eigenvalue weighted by molar-refractivity contribution is 7.15. The van der Waals surface area contributed by atoms with E-state index in [2.05, 4.69) is 15.6 Å². The molecule has 1 heterocycles. The molecule has 0 aliphatic heterocycles. The summed E-state index contributed by atoms with van der Waals surface area (Å²) in [6.45, 7) is 3.47. The molecule has 3 rings (SSSR count). The van der Waals surface area contributed by atoms with Gasteiger partial charge in [-0.3, -0.25) is 9.59 Å². The van der Waals surface area contributed by atoms with Crippen LogP contribution in [0.2, 0.25) is 0 Å². The SMILES string of the molecule is CC(=O)NC(CC(=O)Nc1nc2c(s1)CCC2)c1ccc(C)cc1. The Morgan fingerprint density at radius 1 is 1.25 bits per heavy atom. The normalized spacial score (nSPS) is 14.1. The van der Waals surface area contributed by atoms with Gasteiger partial charge in [-0.2, -0.15) is 0 Å². The second-order valence-corrected chi connectivity index (χ2v) is 7.24. The Morgan fingerprint density at radius 2 is 2.00 bits per heavy atom. The van der Waals surface area contributed by atoms with Gasteiger partial charge in [-0.25, -0.2) is 4.98 Å². The lowest BCUT2D eigenvalue weighted by molar-refractivity contribution is -0.120. The lowest BCUT2D eigenvalue weighted by Gasteiger charge is -2.18. The van der Waals surface area contributed by atoms with Crippen molar-refractivity contribution in [3.05, 3.63) is 46.0 Å². The third-order valence-corrected chi connectivity index (χ3v) is 5.16. The van der Waals surface area contributed by atoms with Gasteiger partial charge in [-0.05, 0) is 31.7 Å². The molecule has 1 unspecified atom stereocenters. The van der Waals surface area contributed by atoms with E-state index < -0.39 is 0 Å². The molecule has 1 aliphatic rings. The number of benzene rings is 1. The molecule has 1 aromatic carbocycles. The predicted octanol–water partition coefficient (Wildman–Crippen LogP) is 3.15. The summed E-state index contributed by atoms with van der Waals surface area (Å²) in [5.74, 6) is -0.289. The highest BCUT2D eigenvalue weighted by Crippen LogP contribution is 2.30. The number of carbonyl (C=O) groups is 2. The largest absolute Gasteiger partial charge is 0.349 e. The average molecular weight is 343 g/mol. The lowest BCUT2D eigenvalue weighted by atomic mass is 10.0. The van der Waals surface area contributed by atoms with Crippen LogP contribution in [0.3, 0.4) is 0 Å². The fraction of sp³-hybridized carbons (Fsp3) is 0.389. The van der Waals surface area contributed by atoms with Crippen LogP contribution >= 0.6 is 11.3 Å². The van der Waals surface area contributed by atoms with Crippen LogP contribution in [0.25, 0.3) is 0 Å². The van der Waals surface area contributed by atoms with Crippen LogP contribution in [0.5, 0.6) is 0 Å². The van der Waals surface area contributed by atoms with E-state index in [4.69, 9.17) is 0 Å². The molecule has 0 bridgehead atoms. The standard InChI is InChI=1S/C18H21N3O2S/c1-11-6-8-13(9-7-11)15(19-12(2)22)10-17(23)21-18-20-14-4-3-5-16(14)24-18/h6-9,15H,3-5,10H2,1-2H3,(H,19,22)(H,20,21,23). The first-order valence-corrected chi connectivity index (χ1v) is 8.95. The number of hydrogen-bond donors (Lipinski definition) is 2. The molecule has 24 heavy (non-hydrogen) atoms. The minimum atomic E-state index is -0.338. The molecule has 1 aromatic heterocycles. The summed E-state index contributed by atoms with van der Waals surface area (Å²) in [6, 6.07) is 7.51. The van der Waals surface area contributed by atoms with Crippen molar-refractivity contribution < 1.29 is 9.59 Å². The maximum Gasteiger partial charge on any atom is 0.228 e. The van der Waals surface area contributed by atoms with Gasteiger partial charge in [0.15, 0.2) is 5.13 Å². The first-order chi connectivity index (χ1) is 11.5. The molecule has 2 amide bonds. The summed E-state index contributed by atoms with van der Waals surface area (Å²) in [6.07, 6.45) is 3.40. The van der Waals surface area contributed by atoms with Crippen molar-refractivity contribution in [2.45, 2.75) is 45.6 Å². The quantitative estimate of drug-likeness (QED) is 0.876. The van der Waals surface area contributed by atoms with Crippen LogP contribution in [0.1, 0.15) is 47.5 Å². The van der Waals surface area contributed by atoms with Crippen molar-refractivity contribution in [1.82, 2.24) is 10.3 Å². The second kappa shape index (κ2) is 7.13. The van der Waals surface area contributed by atoms with Crippen molar-refractivity contribution in [1.29, 1.82) is 0 Å². The number of rotatable bonds is 5. The fourth-order valence-corrected chi connectivity index (χ4v) is 3.96. The molecule has 0 radical (unpaired) electrons. The van der Waals surface area contributed by atoms with Crippen LogP contribution < -0.4 is 10.6 Å². The average Bonchev–Trinajstić information content (AvgIpc) is 3.08. The van der Waals surface area contributed by atoms with Gasteiger partial charge in [0, 0.05) is 11.8 Å². The Kier molecular flexibility index (Phi) is 4.94. The van der Waals surface area contributed by atoms with E-state index in [1.165, 1.54) is 11.8 Å². The molecule has 0 saturated carbocycles. The van der Waals surface area contributed by atoms with E-state index in [0.29, 0.717) is 5.13 Å². The van der Waals surface area contributed by atoms with Crippen LogP contribution in [0.15, 0.2) is 24.3 Å². The van der Waals surface area contributed by atoms with Gasteiger partial charge in [-0.1, -0.05) is 29.8 Å². The highest BCUT2D eigenvalue weighted by Gasteiger charge is 2.20. The monoisotopic (exact) mass is 343 g/mol. The Labute approximate surface area is 145 Å². The summed E-state index contributed by atoms with van der Waals surface area (Å²) < 4.78 is 0. The van der Waals surface area contributed by atoms with Gasteiger partial charge in [-0.15, -0.1) is 11.3 Å². The Hall–Kier alpha value is -2.21. The van der Waals surface area contributed by atoms with E-state index in [0.717, 1.165) is 36.1 Å². The Balaban J connectivity index is 1.67. The van der Waals surface area contributed by atoms with Gasteiger partial charge in [0.05, 0.1) is 18.2 Å². The number of carbonyl (C=O) groups excluding carboxylic acids is 2. The van der Waals surface area contributed by atoms with E-state index in [9.17, 15) is 9.59 Å². The third-order valence-electron chi connectivity index (χ3n) is 4.09. The molecule has 1 aliphatic carbocycles. The fourth-order valence-electron chi connectivity index (χ4n) is 2.90. The van der Waals surface area contributed by atoms with Crippen LogP contribution in [-0.2, 0) is 22.4 Å². The number of nitrogens with zero attached hydrogens (tertiary/aromatic N) is 1. The number of anilines is 1. The number of aryl methyl sites for hydroxylation is 3. The van der Waals surface area contributed by atoms with Gasteiger partial charge in [0.25, 0.3) is 0 Å². The maximum absolute atomic E-state index is 12.4.